The molecule has 2 heteroatoms. The van der Waals surface area contributed by atoms with Crippen LogP contribution in [0.1, 0.15) is 78.1 Å². The molecule has 96 valence electrons. The second-order valence-electron chi connectivity index (χ2n) is 4.76. The fraction of sp³-hybridized carbons (Fsp3) is 1.00. The molecule has 0 nitrogen and oxygen atoms in total. The molecule has 0 saturated heterocycles. The first kappa shape index (κ1) is 16.5. The minimum absolute atomic E-state index is 0.0390. The van der Waals surface area contributed by atoms with Crippen LogP contribution < -0.4 is 0 Å². The minimum atomic E-state index is -0.0390. The van der Waals surface area contributed by atoms with Crippen LogP contribution in [0.3, 0.4) is 0 Å². The molecule has 0 aliphatic heterocycles. The normalized spacial score (nSPS) is 10.6. The van der Waals surface area contributed by atoms with Gasteiger partial charge in [-0.25, -0.2) is 0 Å². The predicted octanol–water partition coefficient (Wildman–Crippen LogP) is 5.87. The Morgan fingerprint density at radius 2 is 1.00 bits per heavy atom. The molecule has 0 atom stereocenters. The van der Waals surface area contributed by atoms with E-state index >= 15 is 0 Å². The van der Waals surface area contributed by atoms with Crippen molar-refractivity contribution in [2.24, 2.45) is 0 Å². The molecule has 0 spiro atoms. The molecule has 0 unspecified atom stereocenters. The van der Waals surface area contributed by atoms with Crippen LogP contribution in [0.4, 0.5) is 0 Å². The summed E-state index contributed by atoms with van der Waals surface area (Å²) in [6.45, 7) is 4.51. The molecule has 0 radical (unpaired) electrons. The van der Waals surface area contributed by atoms with Gasteiger partial charge in [0, 0.05) is 0 Å². The van der Waals surface area contributed by atoms with E-state index < -0.39 is 0 Å². The van der Waals surface area contributed by atoms with Gasteiger partial charge in [0.1, 0.15) is 12.3 Å². The number of hydrogen-bond donors (Lipinski definition) is 0. The summed E-state index contributed by atoms with van der Waals surface area (Å²) in [6.07, 6.45) is 16.7. The van der Waals surface area contributed by atoms with Crippen molar-refractivity contribution in [3.05, 3.63) is 0 Å². The van der Waals surface area contributed by atoms with Gasteiger partial charge in [-0.2, -0.15) is 0 Å². The third-order valence-electron chi connectivity index (χ3n) is 3.02. The summed E-state index contributed by atoms with van der Waals surface area (Å²) in [5.41, 5.74) is 0. The van der Waals surface area contributed by atoms with Crippen molar-refractivity contribution >= 4 is 18.5 Å². The maximum absolute atomic E-state index is 5.56. The topological polar surface area (TPSA) is 0 Å². The van der Waals surface area contributed by atoms with Crippen LogP contribution in [0.5, 0.6) is 0 Å². The van der Waals surface area contributed by atoms with Gasteiger partial charge < -0.3 is 0 Å². The highest BCUT2D eigenvalue weighted by molar-refractivity contribution is 8.05. The van der Waals surface area contributed by atoms with E-state index in [0.717, 1.165) is 0 Å². The highest BCUT2D eigenvalue weighted by Crippen LogP contribution is 2.25. The van der Waals surface area contributed by atoms with Gasteiger partial charge in [-0.15, -0.1) is 0 Å². The zero-order chi connectivity index (χ0) is 12.1. The molecule has 0 heterocycles. The minimum Gasteiger partial charge on any atom is -0.0654 e. The number of unbranched alkanes of at least 4 members (excludes halogenated alkanes) is 8. The van der Waals surface area contributed by atoms with E-state index in [2.05, 4.69) is 13.8 Å². The van der Waals surface area contributed by atoms with Gasteiger partial charge >= 0.3 is 0 Å². The fourth-order valence-electron chi connectivity index (χ4n) is 1.90. The van der Waals surface area contributed by atoms with E-state index in [0.29, 0.717) is 0 Å². The van der Waals surface area contributed by atoms with Gasteiger partial charge in [0.25, 0.3) is 0 Å². The Hall–Kier alpha value is 0.520. The van der Waals surface area contributed by atoms with Gasteiger partial charge in [0.15, 0.2) is 18.5 Å². The monoisotopic (exact) mass is 261 g/mol. The van der Waals surface area contributed by atoms with Crippen LogP contribution in [0.2, 0.25) is 0 Å². The molecular weight excluding hydrogens is 231 g/mol. The highest BCUT2D eigenvalue weighted by Gasteiger charge is 2.08. The maximum Gasteiger partial charge on any atom is 0.175 e. The van der Waals surface area contributed by atoms with E-state index in [9.17, 15) is 0 Å². The van der Waals surface area contributed by atoms with E-state index in [1.54, 1.807) is 0 Å². The molecule has 0 amide bonds. The van der Waals surface area contributed by atoms with Crippen LogP contribution in [-0.4, -0.2) is 12.3 Å². The first-order valence-corrected chi connectivity index (χ1v) is 9.95. The first-order valence-electron chi connectivity index (χ1n) is 7.23. The molecule has 0 aromatic rings. The molecule has 0 aromatic carbocycles. The highest BCUT2D eigenvalue weighted by atomic mass is 32.4. The van der Waals surface area contributed by atoms with Crippen LogP contribution in [0.25, 0.3) is 0 Å². The van der Waals surface area contributed by atoms with Crippen molar-refractivity contribution < 1.29 is 0 Å². The lowest BCUT2D eigenvalue weighted by molar-refractivity contribution is 0.653. The standard InChI is InChI=1S/C14H30PS/c1-3-5-7-9-11-13-15(16)14-12-10-8-6-4-2/h3-14H2,1-2H3/q+1. The van der Waals surface area contributed by atoms with Crippen molar-refractivity contribution in [2.75, 3.05) is 12.3 Å². The molecule has 0 bridgehead atoms. The Kier molecular flexibility index (Phi) is 14.0. The average Bonchev–Trinajstić information content (AvgIpc) is 2.28. The van der Waals surface area contributed by atoms with Gasteiger partial charge in [-0.3, -0.25) is 0 Å². The summed E-state index contributed by atoms with van der Waals surface area (Å²) in [4.78, 5) is 0. The Morgan fingerprint density at radius 1 is 0.625 bits per heavy atom. The molecule has 0 saturated carbocycles. The molecule has 0 N–H and O–H groups in total. The van der Waals surface area contributed by atoms with Gasteiger partial charge in [-0.05, 0) is 25.7 Å². The Balaban J connectivity index is 3.12. The smallest absolute Gasteiger partial charge is 0.0654 e. The zero-order valence-corrected chi connectivity index (χ0v) is 13.1. The van der Waals surface area contributed by atoms with Crippen LogP contribution in [0, 0.1) is 0 Å². The van der Waals surface area contributed by atoms with Crippen molar-refractivity contribution in [3.8, 4) is 0 Å². The second kappa shape index (κ2) is 13.6. The van der Waals surface area contributed by atoms with Gasteiger partial charge in [0.05, 0.1) is 0 Å². The maximum atomic E-state index is 5.56. The largest absolute Gasteiger partial charge is 0.175 e. The van der Waals surface area contributed by atoms with E-state index in [4.69, 9.17) is 11.8 Å². The van der Waals surface area contributed by atoms with Crippen LogP contribution in [-0.2, 0) is 11.8 Å². The van der Waals surface area contributed by atoms with Crippen molar-refractivity contribution in [2.45, 2.75) is 78.1 Å². The molecule has 0 rings (SSSR count). The third-order valence-corrected chi connectivity index (χ3v) is 5.75. The van der Waals surface area contributed by atoms with E-state index in [1.165, 1.54) is 76.5 Å². The lowest BCUT2D eigenvalue weighted by Gasteiger charge is -1.97. The summed E-state index contributed by atoms with van der Waals surface area (Å²) in [6, 6.07) is 0. The molecule has 0 aliphatic rings. The number of hydrogen-bond acceptors (Lipinski definition) is 1. The molecule has 16 heavy (non-hydrogen) atoms. The third kappa shape index (κ3) is 12.6. The van der Waals surface area contributed by atoms with Gasteiger partial charge in [-0.1, -0.05) is 52.4 Å². The zero-order valence-electron chi connectivity index (χ0n) is 11.3. The van der Waals surface area contributed by atoms with Crippen molar-refractivity contribution in [1.82, 2.24) is 0 Å². The molecular formula is C14H30PS+. The lowest BCUT2D eigenvalue weighted by Crippen LogP contribution is -1.86. The Morgan fingerprint density at radius 3 is 1.38 bits per heavy atom. The summed E-state index contributed by atoms with van der Waals surface area (Å²) < 4.78 is 0. The predicted molar refractivity (Wildman–Crippen MR) is 81.5 cm³/mol. The first-order chi connectivity index (χ1) is 7.81. The van der Waals surface area contributed by atoms with Gasteiger partial charge in [0.2, 0.25) is 0 Å². The lowest BCUT2D eigenvalue weighted by atomic mass is 10.2. The SMILES string of the molecule is CCCCCCC[P+](=S)CCCCCCC. The Labute approximate surface area is 109 Å². The summed E-state index contributed by atoms with van der Waals surface area (Å²) in [5, 5.41) is 0. The quantitative estimate of drug-likeness (QED) is 0.313. The second-order valence-corrected chi connectivity index (χ2v) is 8.16. The summed E-state index contributed by atoms with van der Waals surface area (Å²) in [7, 11) is 0. The average molecular weight is 261 g/mol. The van der Waals surface area contributed by atoms with Crippen LogP contribution in [0.15, 0.2) is 0 Å². The molecule has 0 aromatic heterocycles. The summed E-state index contributed by atoms with van der Waals surface area (Å²) in [5.74, 6) is 0. The molecule has 0 fully saturated rings. The van der Waals surface area contributed by atoms with E-state index in [-0.39, 0.29) is 6.70 Å². The van der Waals surface area contributed by atoms with Crippen molar-refractivity contribution in [3.63, 3.8) is 0 Å². The Bertz CT molecular complexity index is 141. The fourth-order valence-corrected chi connectivity index (χ4v) is 4.05. The van der Waals surface area contributed by atoms with Crippen LogP contribution >= 0.6 is 6.70 Å². The summed E-state index contributed by atoms with van der Waals surface area (Å²) >= 11 is 5.56. The number of rotatable bonds is 12. The molecule has 0 aliphatic carbocycles. The van der Waals surface area contributed by atoms with Crippen molar-refractivity contribution in [1.29, 1.82) is 0 Å². The van der Waals surface area contributed by atoms with E-state index in [1.807, 2.05) is 0 Å².